The van der Waals surface area contributed by atoms with Crippen molar-refractivity contribution < 1.29 is 4.74 Å². The van der Waals surface area contributed by atoms with Crippen LogP contribution in [-0.4, -0.2) is 24.1 Å². The zero-order valence-electron chi connectivity index (χ0n) is 21.9. The molecule has 7 heteroatoms. The van der Waals surface area contributed by atoms with Crippen LogP contribution in [0.4, 0.5) is 0 Å². The van der Waals surface area contributed by atoms with Crippen LogP contribution in [0.1, 0.15) is 18.3 Å². The summed E-state index contributed by atoms with van der Waals surface area (Å²) in [6, 6.07) is 35.1. The maximum Gasteiger partial charge on any atom is 0.265 e. The lowest BCUT2D eigenvalue weighted by molar-refractivity contribution is 0.482. The highest BCUT2D eigenvalue weighted by Crippen LogP contribution is 2.30. The maximum absolute atomic E-state index is 14.2. The summed E-state index contributed by atoms with van der Waals surface area (Å²) in [5.74, 6) is 2.18. The first kappa shape index (κ1) is 23.8. The van der Waals surface area contributed by atoms with E-state index in [0.717, 1.165) is 28.0 Å². The summed E-state index contributed by atoms with van der Waals surface area (Å²) < 4.78 is 9.70. The van der Waals surface area contributed by atoms with E-state index in [4.69, 9.17) is 19.7 Å². The van der Waals surface area contributed by atoms with Crippen molar-refractivity contribution >= 4 is 33.2 Å². The zero-order chi connectivity index (χ0) is 27.1. The second-order valence-electron chi connectivity index (χ2n) is 9.59. The van der Waals surface area contributed by atoms with E-state index >= 15 is 0 Å². The van der Waals surface area contributed by atoms with Crippen LogP contribution >= 0.6 is 0 Å². The van der Waals surface area contributed by atoms with Gasteiger partial charge in [0.15, 0.2) is 11.3 Å². The molecular weight excluding hydrogens is 498 g/mol. The Kier molecular flexibility index (Phi) is 5.82. The molecule has 0 radical (unpaired) electrons. The van der Waals surface area contributed by atoms with E-state index in [9.17, 15) is 4.79 Å². The minimum Gasteiger partial charge on any atom is -0.457 e. The van der Waals surface area contributed by atoms with Gasteiger partial charge in [0.2, 0.25) is 0 Å². The molecule has 7 rings (SSSR count). The number of rotatable bonds is 6. The molecule has 0 bridgehead atoms. The van der Waals surface area contributed by atoms with E-state index in [1.165, 1.54) is 0 Å². The van der Waals surface area contributed by atoms with Gasteiger partial charge in [-0.05, 0) is 54.1 Å². The fraction of sp³-hybridized carbons (Fsp3) is 0.0909. The topological polar surface area (TPSA) is 74.8 Å². The molecule has 7 aromatic rings. The molecule has 0 saturated heterocycles. The third-order valence-electron chi connectivity index (χ3n) is 7.02. The number of nitrogens with zero attached hydrogens (tertiary/aromatic N) is 5. The smallest absolute Gasteiger partial charge is 0.265 e. The highest BCUT2D eigenvalue weighted by Gasteiger charge is 2.23. The SMILES string of the molecule is CCc1nc2c(c(=O)n1Cc1ccccc1)c1nc3ccccc3nc1n2-c1ccc(Oc2ccccc2)cc1. The molecule has 0 aliphatic carbocycles. The number of hydrogen-bond donors (Lipinski definition) is 0. The van der Waals surface area contributed by atoms with E-state index in [1.807, 2.05) is 121 Å². The number of hydrogen-bond acceptors (Lipinski definition) is 5. The van der Waals surface area contributed by atoms with Gasteiger partial charge < -0.3 is 4.74 Å². The predicted octanol–water partition coefficient (Wildman–Crippen LogP) is 6.69. The molecule has 0 aliphatic heterocycles. The highest BCUT2D eigenvalue weighted by molar-refractivity contribution is 6.05. The van der Waals surface area contributed by atoms with Crippen LogP contribution in [0.15, 0.2) is 114 Å². The number of para-hydroxylation sites is 3. The standard InChI is InChI=1S/C33H25N5O2/c1-2-28-36-31-29(33(39)37(28)21-22-11-5-3-6-12-22)30-32(35-27-16-10-9-15-26(27)34-30)38(31)23-17-19-25(20-18-23)40-24-13-7-4-8-14-24/h3-20H,2,21H2,1H3. The van der Waals surface area contributed by atoms with E-state index in [0.29, 0.717) is 46.7 Å². The second kappa shape index (κ2) is 9.78. The highest BCUT2D eigenvalue weighted by atomic mass is 16.5. The van der Waals surface area contributed by atoms with Gasteiger partial charge in [0.05, 0.1) is 17.6 Å². The minimum atomic E-state index is -0.122. The zero-order valence-corrected chi connectivity index (χ0v) is 21.9. The van der Waals surface area contributed by atoms with Crippen LogP contribution in [0, 0.1) is 0 Å². The van der Waals surface area contributed by atoms with Crippen molar-refractivity contribution in [2.24, 2.45) is 0 Å². The first-order valence-corrected chi connectivity index (χ1v) is 13.3. The van der Waals surface area contributed by atoms with Gasteiger partial charge in [-0.25, -0.2) is 15.0 Å². The lowest BCUT2D eigenvalue weighted by atomic mass is 10.2. The monoisotopic (exact) mass is 523 g/mol. The summed E-state index contributed by atoms with van der Waals surface area (Å²) >= 11 is 0. The molecule has 7 nitrogen and oxygen atoms in total. The van der Waals surface area contributed by atoms with E-state index in [-0.39, 0.29) is 5.56 Å². The second-order valence-corrected chi connectivity index (χ2v) is 9.59. The Morgan fingerprint density at radius 1 is 0.675 bits per heavy atom. The van der Waals surface area contributed by atoms with Crippen LogP contribution in [0.2, 0.25) is 0 Å². The number of benzene rings is 4. The molecule has 3 heterocycles. The van der Waals surface area contributed by atoms with Crippen LogP contribution < -0.4 is 10.3 Å². The van der Waals surface area contributed by atoms with Crippen LogP contribution in [0.5, 0.6) is 11.5 Å². The molecule has 0 N–H and O–H groups in total. The van der Waals surface area contributed by atoms with Crippen LogP contribution in [0.3, 0.4) is 0 Å². The Labute approximate surface area is 230 Å². The van der Waals surface area contributed by atoms with Crippen molar-refractivity contribution in [3.05, 3.63) is 131 Å². The molecule has 0 fully saturated rings. The minimum absolute atomic E-state index is 0.122. The van der Waals surface area contributed by atoms with Crippen LogP contribution in [0.25, 0.3) is 38.9 Å². The summed E-state index contributed by atoms with van der Waals surface area (Å²) in [7, 11) is 0. The summed E-state index contributed by atoms with van der Waals surface area (Å²) in [5.41, 5.74) is 4.90. The van der Waals surface area contributed by atoms with Gasteiger partial charge in [0, 0.05) is 12.1 Å². The Bertz CT molecular complexity index is 2050. The number of aromatic nitrogens is 5. The molecular formula is C33H25N5O2. The summed E-state index contributed by atoms with van der Waals surface area (Å²) in [6.45, 7) is 2.45. The number of ether oxygens (including phenoxy) is 1. The van der Waals surface area contributed by atoms with Crippen molar-refractivity contribution in [1.82, 2.24) is 24.1 Å². The molecule has 194 valence electrons. The van der Waals surface area contributed by atoms with Crippen molar-refractivity contribution in [2.75, 3.05) is 0 Å². The molecule has 0 atom stereocenters. The average Bonchev–Trinajstić information content (AvgIpc) is 3.31. The Morgan fingerprint density at radius 2 is 1.30 bits per heavy atom. The maximum atomic E-state index is 14.2. The first-order valence-electron chi connectivity index (χ1n) is 13.3. The van der Waals surface area contributed by atoms with Crippen molar-refractivity contribution in [1.29, 1.82) is 0 Å². The molecule has 0 unspecified atom stereocenters. The van der Waals surface area contributed by atoms with Crippen molar-refractivity contribution in [2.45, 2.75) is 19.9 Å². The Balaban J connectivity index is 1.46. The lowest BCUT2D eigenvalue weighted by Crippen LogP contribution is -2.26. The fourth-order valence-corrected chi connectivity index (χ4v) is 5.10. The van der Waals surface area contributed by atoms with E-state index < -0.39 is 0 Å². The third-order valence-corrected chi connectivity index (χ3v) is 7.02. The largest absolute Gasteiger partial charge is 0.457 e. The summed E-state index contributed by atoms with van der Waals surface area (Å²) in [5, 5.41) is 0.464. The van der Waals surface area contributed by atoms with Gasteiger partial charge >= 0.3 is 0 Å². The lowest BCUT2D eigenvalue weighted by Gasteiger charge is -2.13. The van der Waals surface area contributed by atoms with Crippen molar-refractivity contribution in [3.8, 4) is 17.2 Å². The normalized spacial score (nSPS) is 11.4. The molecule has 3 aromatic heterocycles. The van der Waals surface area contributed by atoms with Gasteiger partial charge in [-0.1, -0.05) is 67.6 Å². The molecule has 4 aromatic carbocycles. The first-order chi connectivity index (χ1) is 19.7. The molecule has 0 amide bonds. The quantitative estimate of drug-likeness (QED) is 0.243. The predicted molar refractivity (Wildman–Crippen MR) is 157 cm³/mol. The number of aryl methyl sites for hydroxylation is 1. The van der Waals surface area contributed by atoms with Gasteiger partial charge in [0.25, 0.3) is 5.56 Å². The van der Waals surface area contributed by atoms with Gasteiger partial charge in [-0.3, -0.25) is 13.9 Å². The van der Waals surface area contributed by atoms with Crippen LogP contribution in [-0.2, 0) is 13.0 Å². The third kappa shape index (κ3) is 4.08. The number of fused-ring (bicyclic) bond motifs is 4. The van der Waals surface area contributed by atoms with Gasteiger partial charge in [0.1, 0.15) is 28.2 Å². The Morgan fingerprint density at radius 3 is 2.00 bits per heavy atom. The van der Waals surface area contributed by atoms with Gasteiger partial charge in [-0.2, -0.15) is 0 Å². The fourth-order valence-electron chi connectivity index (χ4n) is 5.10. The van der Waals surface area contributed by atoms with E-state index in [2.05, 4.69) is 0 Å². The van der Waals surface area contributed by atoms with Crippen molar-refractivity contribution in [3.63, 3.8) is 0 Å². The molecule has 40 heavy (non-hydrogen) atoms. The Hall–Kier alpha value is -5.30. The summed E-state index contributed by atoms with van der Waals surface area (Å²) in [4.78, 5) is 29.1. The molecule has 0 spiro atoms. The molecule has 0 saturated carbocycles. The molecule has 0 aliphatic rings. The van der Waals surface area contributed by atoms with Gasteiger partial charge in [-0.15, -0.1) is 0 Å². The summed E-state index contributed by atoms with van der Waals surface area (Å²) in [6.07, 6.45) is 0.603. The van der Waals surface area contributed by atoms with E-state index in [1.54, 1.807) is 4.57 Å². The average molecular weight is 524 g/mol.